The molecule has 1 N–H and O–H groups in total. The monoisotopic (exact) mass is 348 g/mol. The summed E-state index contributed by atoms with van der Waals surface area (Å²) in [6, 6.07) is 3.21. The van der Waals surface area contributed by atoms with Gasteiger partial charge in [-0.2, -0.15) is 0 Å². The number of aryl methyl sites for hydroxylation is 2. The van der Waals surface area contributed by atoms with Gasteiger partial charge in [-0.25, -0.2) is 13.8 Å². The zero-order valence-electron chi connectivity index (χ0n) is 12.6. The summed E-state index contributed by atoms with van der Waals surface area (Å²) in [5.74, 6) is -2.00. The number of halogens is 2. The molecule has 124 valence electrons. The second-order valence-electron chi connectivity index (χ2n) is 5.93. The Morgan fingerprint density at radius 2 is 2.12 bits per heavy atom. The summed E-state index contributed by atoms with van der Waals surface area (Å²) in [5, 5.41) is 10.9. The van der Waals surface area contributed by atoms with Crippen molar-refractivity contribution in [1.29, 1.82) is 0 Å². The Morgan fingerprint density at radius 3 is 2.92 bits per heavy atom. The number of hydrogen-bond acceptors (Lipinski definition) is 4. The molecule has 0 spiro atoms. The van der Waals surface area contributed by atoms with Gasteiger partial charge in [-0.1, -0.05) is 6.07 Å². The first-order valence-electron chi connectivity index (χ1n) is 7.67. The van der Waals surface area contributed by atoms with E-state index < -0.39 is 17.7 Å². The maximum atomic E-state index is 13.3. The summed E-state index contributed by atoms with van der Waals surface area (Å²) in [5.41, 5.74) is 1.10. The second-order valence-corrected chi connectivity index (χ2v) is 7.01. The number of rotatable bonds is 3. The standard InChI is InChI=1S/C17H14F2N2O2S/c18-11-5-4-9(6-12(11)19)13(22)7-21-8-20-16-15(17(21)23)10-2-1-3-14(10)24-16/h4-6,8,13,22H,1-3,7H2/t13-/m0/s1. The van der Waals surface area contributed by atoms with Crippen molar-refractivity contribution in [1.82, 2.24) is 9.55 Å². The van der Waals surface area contributed by atoms with Crippen molar-refractivity contribution in [2.75, 3.05) is 0 Å². The SMILES string of the molecule is O=c1c2c3c(sc2ncn1C[C@H](O)c1ccc(F)c(F)c1)CCC3. The molecule has 0 fully saturated rings. The summed E-state index contributed by atoms with van der Waals surface area (Å²) in [4.78, 5) is 19.0. The molecule has 24 heavy (non-hydrogen) atoms. The lowest BCUT2D eigenvalue weighted by Crippen LogP contribution is -2.24. The van der Waals surface area contributed by atoms with Gasteiger partial charge in [-0.3, -0.25) is 9.36 Å². The number of benzene rings is 1. The smallest absolute Gasteiger partial charge is 0.262 e. The van der Waals surface area contributed by atoms with E-state index in [9.17, 15) is 18.7 Å². The van der Waals surface area contributed by atoms with E-state index in [-0.39, 0.29) is 17.7 Å². The third-order valence-corrected chi connectivity index (χ3v) is 5.59. The normalized spacial score (nSPS) is 15.0. The molecule has 0 saturated carbocycles. The average molecular weight is 348 g/mol. The Labute approximate surface area is 140 Å². The van der Waals surface area contributed by atoms with E-state index >= 15 is 0 Å². The summed E-state index contributed by atoms with van der Waals surface area (Å²) in [7, 11) is 0. The molecule has 0 saturated heterocycles. The van der Waals surface area contributed by atoms with Crippen LogP contribution < -0.4 is 5.56 Å². The number of thiophene rings is 1. The second kappa shape index (κ2) is 5.75. The summed E-state index contributed by atoms with van der Waals surface area (Å²) in [6.07, 6.45) is 3.18. The summed E-state index contributed by atoms with van der Waals surface area (Å²) >= 11 is 1.55. The van der Waals surface area contributed by atoms with Crippen LogP contribution in [-0.2, 0) is 19.4 Å². The largest absolute Gasteiger partial charge is 0.387 e. The highest BCUT2D eigenvalue weighted by atomic mass is 32.1. The molecule has 2 heterocycles. The maximum Gasteiger partial charge on any atom is 0.262 e. The van der Waals surface area contributed by atoms with E-state index in [1.54, 1.807) is 11.3 Å². The maximum absolute atomic E-state index is 13.3. The van der Waals surface area contributed by atoms with Crippen LogP contribution in [0.2, 0.25) is 0 Å². The summed E-state index contributed by atoms with van der Waals surface area (Å²) in [6.45, 7) is -0.0581. The van der Waals surface area contributed by atoms with Gasteiger partial charge in [0, 0.05) is 4.88 Å². The molecule has 1 aromatic carbocycles. The molecule has 4 nitrogen and oxygen atoms in total. The zero-order valence-corrected chi connectivity index (χ0v) is 13.4. The fraction of sp³-hybridized carbons (Fsp3) is 0.294. The van der Waals surface area contributed by atoms with Crippen molar-refractivity contribution in [3.05, 3.63) is 62.5 Å². The van der Waals surface area contributed by atoms with Crippen molar-refractivity contribution >= 4 is 21.6 Å². The number of fused-ring (bicyclic) bond motifs is 3. The predicted octanol–water partition coefficient (Wildman–Crippen LogP) is 2.96. The van der Waals surface area contributed by atoms with Crippen LogP contribution >= 0.6 is 11.3 Å². The van der Waals surface area contributed by atoms with Gasteiger partial charge in [0.2, 0.25) is 0 Å². The number of aliphatic hydroxyl groups is 1. The Bertz CT molecular complexity index is 996. The third kappa shape index (κ3) is 2.44. The molecule has 1 atom stereocenters. The molecule has 0 amide bonds. The van der Waals surface area contributed by atoms with Crippen LogP contribution in [-0.4, -0.2) is 14.7 Å². The van der Waals surface area contributed by atoms with E-state index in [2.05, 4.69) is 4.98 Å². The molecule has 3 aromatic rings. The lowest BCUT2D eigenvalue weighted by Gasteiger charge is -2.13. The molecule has 0 aliphatic heterocycles. The Kier molecular flexibility index (Phi) is 3.69. The first-order valence-corrected chi connectivity index (χ1v) is 8.49. The van der Waals surface area contributed by atoms with Gasteiger partial charge in [0.1, 0.15) is 4.83 Å². The van der Waals surface area contributed by atoms with Gasteiger partial charge in [0.15, 0.2) is 11.6 Å². The van der Waals surface area contributed by atoms with Crippen LogP contribution in [0.15, 0.2) is 29.3 Å². The number of hydrogen-bond donors (Lipinski definition) is 1. The molecule has 1 aliphatic carbocycles. The first-order chi connectivity index (χ1) is 11.5. The zero-order chi connectivity index (χ0) is 16.8. The topological polar surface area (TPSA) is 55.1 Å². The van der Waals surface area contributed by atoms with Crippen LogP contribution in [0.4, 0.5) is 8.78 Å². The van der Waals surface area contributed by atoms with E-state index in [4.69, 9.17) is 0 Å². The van der Waals surface area contributed by atoms with Crippen molar-refractivity contribution in [2.45, 2.75) is 31.9 Å². The van der Waals surface area contributed by atoms with Gasteiger partial charge in [-0.15, -0.1) is 11.3 Å². The molecular formula is C17H14F2N2O2S. The molecular weight excluding hydrogens is 334 g/mol. The fourth-order valence-corrected chi connectivity index (χ4v) is 4.38. The highest BCUT2D eigenvalue weighted by Gasteiger charge is 2.22. The van der Waals surface area contributed by atoms with E-state index in [0.29, 0.717) is 5.39 Å². The highest BCUT2D eigenvalue weighted by Crippen LogP contribution is 2.34. The van der Waals surface area contributed by atoms with Crippen molar-refractivity contribution in [2.24, 2.45) is 0 Å². The Balaban J connectivity index is 1.70. The quantitative estimate of drug-likeness (QED) is 0.792. The number of aliphatic hydroxyl groups excluding tert-OH is 1. The number of nitrogens with zero attached hydrogens (tertiary/aromatic N) is 2. The minimum Gasteiger partial charge on any atom is -0.387 e. The highest BCUT2D eigenvalue weighted by molar-refractivity contribution is 7.18. The predicted molar refractivity (Wildman–Crippen MR) is 87.2 cm³/mol. The molecule has 7 heteroatoms. The minimum atomic E-state index is -1.12. The molecule has 0 unspecified atom stereocenters. The van der Waals surface area contributed by atoms with Crippen LogP contribution in [0.25, 0.3) is 10.2 Å². The average Bonchev–Trinajstić information content (AvgIpc) is 3.13. The first kappa shape index (κ1) is 15.4. The van der Waals surface area contributed by atoms with Crippen LogP contribution in [0.5, 0.6) is 0 Å². The minimum absolute atomic E-state index is 0.0581. The van der Waals surface area contributed by atoms with Gasteiger partial charge in [-0.05, 0) is 42.5 Å². The molecule has 2 aromatic heterocycles. The number of aromatic nitrogens is 2. The van der Waals surface area contributed by atoms with Crippen molar-refractivity contribution < 1.29 is 13.9 Å². The molecule has 0 radical (unpaired) electrons. The summed E-state index contributed by atoms with van der Waals surface area (Å²) < 4.78 is 27.6. The molecule has 4 rings (SSSR count). The van der Waals surface area contributed by atoms with Crippen LogP contribution in [0.3, 0.4) is 0 Å². The fourth-order valence-electron chi connectivity index (χ4n) is 3.16. The van der Waals surface area contributed by atoms with Gasteiger partial charge >= 0.3 is 0 Å². The van der Waals surface area contributed by atoms with Crippen molar-refractivity contribution in [3.8, 4) is 0 Å². The lowest BCUT2D eigenvalue weighted by atomic mass is 10.1. The third-order valence-electron chi connectivity index (χ3n) is 4.39. The van der Waals surface area contributed by atoms with Gasteiger partial charge < -0.3 is 5.11 Å². The van der Waals surface area contributed by atoms with E-state index in [1.807, 2.05) is 0 Å². The Hall–Kier alpha value is -2.12. The molecule has 1 aliphatic rings. The van der Waals surface area contributed by atoms with E-state index in [1.165, 1.54) is 21.8 Å². The van der Waals surface area contributed by atoms with Crippen LogP contribution in [0.1, 0.15) is 28.5 Å². The Morgan fingerprint density at radius 1 is 1.29 bits per heavy atom. The van der Waals surface area contributed by atoms with Gasteiger partial charge in [0.25, 0.3) is 5.56 Å². The van der Waals surface area contributed by atoms with Gasteiger partial charge in [0.05, 0.1) is 24.4 Å². The van der Waals surface area contributed by atoms with Crippen LogP contribution in [0, 0.1) is 11.6 Å². The van der Waals surface area contributed by atoms with Crippen molar-refractivity contribution in [3.63, 3.8) is 0 Å². The van der Waals surface area contributed by atoms with E-state index in [0.717, 1.165) is 41.8 Å². The molecule has 0 bridgehead atoms. The lowest BCUT2D eigenvalue weighted by molar-refractivity contribution is 0.154.